The topological polar surface area (TPSA) is 89.9 Å². The van der Waals surface area contributed by atoms with E-state index in [-0.39, 0.29) is 47.3 Å². The fourth-order valence-corrected chi connectivity index (χ4v) is 7.93. The van der Waals surface area contributed by atoms with E-state index in [0.29, 0.717) is 12.8 Å². The van der Waals surface area contributed by atoms with Crippen LogP contribution in [0.25, 0.3) is 0 Å². The second kappa shape index (κ2) is 7.38. The van der Waals surface area contributed by atoms with Crippen molar-refractivity contribution in [2.24, 2.45) is 34.5 Å². The minimum Gasteiger partial charge on any atom is -0.458 e. The molecule has 31 heavy (non-hydrogen) atoms. The maximum Gasteiger partial charge on any atom is 0.303 e. The number of ether oxygens (including phenoxy) is 2. The zero-order chi connectivity index (χ0) is 22.8. The minimum atomic E-state index is -1.07. The number of hydrogen-bond acceptors (Lipinski definition) is 6. The molecule has 4 aliphatic rings. The van der Waals surface area contributed by atoms with Crippen molar-refractivity contribution in [2.45, 2.75) is 65.1 Å². The van der Waals surface area contributed by atoms with Gasteiger partial charge in [-0.3, -0.25) is 14.4 Å². The molecular formula is C25H34O6. The quantitative estimate of drug-likeness (QED) is 0.690. The van der Waals surface area contributed by atoms with Crippen molar-refractivity contribution in [3.63, 3.8) is 0 Å². The third-order valence-electron chi connectivity index (χ3n) is 9.14. The molecule has 3 saturated carbocycles. The molecule has 0 radical (unpaired) electrons. The van der Waals surface area contributed by atoms with Gasteiger partial charge in [0.1, 0.15) is 5.60 Å². The summed E-state index contributed by atoms with van der Waals surface area (Å²) in [5.41, 5.74) is -0.870. The molecule has 0 aromatic carbocycles. The molecule has 0 aromatic rings. The number of allylic oxidation sites excluding steroid dienone is 4. The number of ketones is 2. The molecule has 4 aliphatic carbocycles. The van der Waals surface area contributed by atoms with Gasteiger partial charge in [-0.05, 0) is 55.6 Å². The van der Waals surface area contributed by atoms with Crippen LogP contribution in [0.4, 0.5) is 0 Å². The fraction of sp³-hybridized carbons (Fsp3) is 0.720. The van der Waals surface area contributed by atoms with Gasteiger partial charge in [0, 0.05) is 30.8 Å². The van der Waals surface area contributed by atoms with Crippen molar-refractivity contribution in [1.82, 2.24) is 0 Å². The highest BCUT2D eigenvalue weighted by molar-refractivity contribution is 6.01. The van der Waals surface area contributed by atoms with E-state index in [9.17, 15) is 19.5 Å². The third-order valence-corrected chi connectivity index (χ3v) is 9.14. The molecule has 0 spiro atoms. The molecule has 3 fully saturated rings. The first kappa shape index (κ1) is 22.4. The summed E-state index contributed by atoms with van der Waals surface area (Å²) in [6.45, 7) is 7.36. The zero-order valence-corrected chi connectivity index (χ0v) is 19.1. The molecule has 0 saturated heterocycles. The molecule has 0 amide bonds. The number of rotatable bonds is 4. The number of methoxy groups -OCH3 is 1. The van der Waals surface area contributed by atoms with Crippen molar-refractivity contribution in [2.75, 3.05) is 13.7 Å². The van der Waals surface area contributed by atoms with E-state index in [1.807, 2.05) is 6.08 Å². The summed E-state index contributed by atoms with van der Waals surface area (Å²) < 4.78 is 11.0. The highest BCUT2D eigenvalue weighted by atomic mass is 16.5. The van der Waals surface area contributed by atoms with Gasteiger partial charge < -0.3 is 14.6 Å². The van der Waals surface area contributed by atoms with Crippen LogP contribution >= 0.6 is 0 Å². The summed E-state index contributed by atoms with van der Waals surface area (Å²) >= 11 is 0. The van der Waals surface area contributed by atoms with E-state index in [1.54, 1.807) is 19.3 Å². The van der Waals surface area contributed by atoms with Gasteiger partial charge in [-0.2, -0.15) is 0 Å². The third kappa shape index (κ3) is 3.01. The van der Waals surface area contributed by atoms with Gasteiger partial charge in [0.2, 0.25) is 5.78 Å². The van der Waals surface area contributed by atoms with Crippen LogP contribution in [0.15, 0.2) is 23.8 Å². The number of aliphatic hydroxyl groups is 1. The van der Waals surface area contributed by atoms with Crippen LogP contribution in [0.3, 0.4) is 0 Å². The van der Waals surface area contributed by atoms with E-state index in [1.165, 1.54) is 6.92 Å². The normalized spacial score (nSPS) is 45.9. The number of aliphatic hydroxyl groups excluding tert-OH is 1. The summed E-state index contributed by atoms with van der Waals surface area (Å²) in [7, 11) is 1.55. The Morgan fingerprint density at radius 1 is 1.29 bits per heavy atom. The van der Waals surface area contributed by atoms with Gasteiger partial charge in [0.25, 0.3) is 0 Å². The van der Waals surface area contributed by atoms with Gasteiger partial charge >= 0.3 is 5.97 Å². The molecule has 1 N–H and O–H groups in total. The highest BCUT2D eigenvalue weighted by Gasteiger charge is 2.69. The van der Waals surface area contributed by atoms with Crippen molar-refractivity contribution in [1.29, 1.82) is 0 Å². The minimum absolute atomic E-state index is 0.00592. The predicted molar refractivity (Wildman–Crippen MR) is 114 cm³/mol. The van der Waals surface area contributed by atoms with Crippen LogP contribution in [0.2, 0.25) is 0 Å². The van der Waals surface area contributed by atoms with E-state index in [4.69, 9.17) is 9.47 Å². The Kier molecular flexibility index (Phi) is 5.33. The average molecular weight is 431 g/mol. The second-order valence-electron chi connectivity index (χ2n) is 10.5. The Balaban J connectivity index is 1.72. The number of Topliss-reactive ketones (excluding diaryl/α,β-unsaturated/α-hetero) is 1. The van der Waals surface area contributed by atoms with Crippen LogP contribution in [0.5, 0.6) is 0 Å². The molecule has 8 atom stereocenters. The van der Waals surface area contributed by atoms with Crippen molar-refractivity contribution >= 4 is 17.5 Å². The molecular weight excluding hydrogens is 396 g/mol. The van der Waals surface area contributed by atoms with E-state index in [0.717, 1.165) is 18.4 Å². The van der Waals surface area contributed by atoms with Gasteiger partial charge in [-0.15, -0.1) is 0 Å². The lowest BCUT2D eigenvalue weighted by Gasteiger charge is -2.61. The number of hydrogen-bond donors (Lipinski definition) is 1. The number of esters is 1. The van der Waals surface area contributed by atoms with E-state index in [2.05, 4.69) is 20.8 Å². The van der Waals surface area contributed by atoms with Crippen LogP contribution in [-0.2, 0) is 23.9 Å². The number of carbonyl (C=O) groups excluding carboxylic acids is 3. The van der Waals surface area contributed by atoms with Gasteiger partial charge in [-0.25, -0.2) is 0 Å². The van der Waals surface area contributed by atoms with Crippen LogP contribution in [0.1, 0.15) is 53.4 Å². The fourth-order valence-electron chi connectivity index (χ4n) is 7.93. The van der Waals surface area contributed by atoms with Crippen molar-refractivity contribution < 1.29 is 29.0 Å². The lowest BCUT2D eigenvalue weighted by molar-refractivity contribution is -0.189. The second-order valence-corrected chi connectivity index (χ2v) is 10.5. The van der Waals surface area contributed by atoms with Crippen molar-refractivity contribution in [3.05, 3.63) is 23.8 Å². The molecule has 170 valence electrons. The average Bonchev–Trinajstić information content (AvgIpc) is 3.00. The highest BCUT2D eigenvalue weighted by Crippen LogP contribution is 2.68. The first-order valence-electron chi connectivity index (χ1n) is 11.4. The lowest BCUT2D eigenvalue weighted by atomic mass is 9.44. The summed E-state index contributed by atoms with van der Waals surface area (Å²) in [5.74, 6) is -0.0631. The molecule has 6 nitrogen and oxygen atoms in total. The Morgan fingerprint density at radius 3 is 2.65 bits per heavy atom. The van der Waals surface area contributed by atoms with Crippen molar-refractivity contribution in [3.8, 4) is 0 Å². The molecule has 4 rings (SSSR count). The molecule has 6 heteroatoms. The maximum absolute atomic E-state index is 13.3. The number of fused-ring (bicyclic) bond motifs is 5. The Labute approximate surface area is 184 Å². The molecule has 0 heterocycles. The van der Waals surface area contributed by atoms with Gasteiger partial charge in [-0.1, -0.05) is 32.4 Å². The first-order valence-corrected chi connectivity index (χ1v) is 11.4. The lowest BCUT2D eigenvalue weighted by Crippen LogP contribution is -2.63. The first-order chi connectivity index (χ1) is 14.5. The summed E-state index contributed by atoms with van der Waals surface area (Å²) in [5, 5.41) is 11.5. The SMILES string of the molecule is CO[C@]1(C(=O)COC(C)=O)CC[C@H]2[C@@H]3C[C@H](C)C4=CC(=O)C=C[C@]4(C)[C@H]3[C@@H](O)C[C@@]21C. The van der Waals surface area contributed by atoms with Crippen LogP contribution in [0, 0.1) is 34.5 Å². The Bertz CT molecular complexity index is 873. The van der Waals surface area contributed by atoms with Crippen LogP contribution < -0.4 is 0 Å². The number of carbonyl (C=O) groups is 3. The smallest absolute Gasteiger partial charge is 0.303 e. The van der Waals surface area contributed by atoms with E-state index >= 15 is 0 Å². The Morgan fingerprint density at radius 2 is 2.00 bits per heavy atom. The molecule has 0 aliphatic heterocycles. The summed E-state index contributed by atoms with van der Waals surface area (Å²) in [6.07, 6.45) is 7.47. The van der Waals surface area contributed by atoms with Gasteiger partial charge in [0.05, 0.1) is 6.10 Å². The zero-order valence-electron chi connectivity index (χ0n) is 19.1. The summed E-state index contributed by atoms with van der Waals surface area (Å²) in [4.78, 5) is 36.6. The molecule has 0 aromatic heterocycles. The Hall–Kier alpha value is -1.79. The van der Waals surface area contributed by atoms with Crippen LogP contribution in [-0.4, -0.2) is 48.1 Å². The summed E-state index contributed by atoms with van der Waals surface area (Å²) in [6, 6.07) is 0. The molecule has 0 bridgehead atoms. The monoisotopic (exact) mass is 430 g/mol. The predicted octanol–water partition coefficient (Wildman–Crippen LogP) is 3.03. The standard InChI is InChI=1S/C25H34O6/c1-14-10-17-18-7-9-25(30-5,21(29)13-31-15(2)26)24(18,4)12-20(28)22(17)23(3)8-6-16(27)11-19(14)23/h6,8,11,14,17-18,20,22,28H,7,9-10,12-13H2,1-5H3/t14-,17-,18-,20-,22+,23-,24-,25-/m0/s1. The maximum atomic E-state index is 13.3. The largest absolute Gasteiger partial charge is 0.458 e. The van der Waals surface area contributed by atoms with E-state index < -0.39 is 23.1 Å². The van der Waals surface area contributed by atoms with Gasteiger partial charge in [0.15, 0.2) is 12.4 Å². The molecule has 0 unspecified atom stereocenters.